The first kappa shape index (κ1) is 19.8. The van der Waals surface area contributed by atoms with E-state index < -0.39 is 23.7 Å². The summed E-state index contributed by atoms with van der Waals surface area (Å²) in [5, 5.41) is 9.47. The average molecular weight is 407 g/mol. The Morgan fingerprint density at radius 1 is 1.25 bits per heavy atom. The number of piperazine rings is 1. The largest absolute Gasteiger partial charge is 0.417 e. The number of halogens is 2. The molecule has 2 fully saturated rings. The topological polar surface area (TPSA) is 87.7 Å². The highest BCUT2D eigenvalue weighted by molar-refractivity contribution is 6.33. The van der Waals surface area contributed by atoms with E-state index in [0.29, 0.717) is 32.0 Å². The Morgan fingerprint density at radius 3 is 2.46 bits per heavy atom. The molecular weight excluding hydrogens is 389 g/mol. The van der Waals surface area contributed by atoms with E-state index in [2.05, 4.69) is 0 Å². The summed E-state index contributed by atoms with van der Waals surface area (Å²) < 4.78 is 15.0. The van der Waals surface area contributed by atoms with E-state index in [1.54, 1.807) is 9.48 Å². The Morgan fingerprint density at radius 2 is 1.89 bits per heavy atom. The van der Waals surface area contributed by atoms with E-state index >= 15 is 0 Å². The van der Waals surface area contributed by atoms with Crippen molar-refractivity contribution in [2.24, 2.45) is 5.92 Å². The van der Waals surface area contributed by atoms with Gasteiger partial charge in [-0.25, -0.2) is 14.1 Å². The van der Waals surface area contributed by atoms with Crippen LogP contribution in [0.15, 0.2) is 18.2 Å². The molecule has 0 saturated carbocycles. The fourth-order valence-corrected chi connectivity index (χ4v) is 3.64. The maximum atomic E-state index is 13.2. The third-order valence-electron chi connectivity index (χ3n) is 4.93. The summed E-state index contributed by atoms with van der Waals surface area (Å²) in [4.78, 5) is 41.0. The van der Waals surface area contributed by atoms with Gasteiger partial charge in [-0.1, -0.05) is 11.6 Å². The smallest absolute Gasteiger partial charge is 0.331 e. The molecule has 1 atom stereocenters. The Bertz CT molecular complexity index is 932. The molecule has 0 radical (unpaired) electrons. The minimum Gasteiger partial charge on any atom is -0.331 e. The number of carbonyl (C=O) groups is 3. The van der Waals surface area contributed by atoms with Gasteiger partial charge < -0.3 is 4.90 Å². The lowest BCUT2D eigenvalue weighted by molar-refractivity contribution is -0.543. The molecule has 2 saturated heterocycles. The summed E-state index contributed by atoms with van der Waals surface area (Å²) >= 11 is 5.97. The molecule has 8 nitrogen and oxygen atoms in total. The molecule has 1 unspecified atom stereocenters. The van der Waals surface area contributed by atoms with Crippen LogP contribution in [0.5, 0.6) is 0 Å². The van der Waals surface area contributed by atoms with Crippen LogP contribution in [0, 0.1) is 23.1 Å². The van der Waals surface area contributed by atoms with Crippen LogP contribution >= 0.6 is 11.6 Å². The van der Waals surface area contributed by atoms with Crippen molar-refractivity contribution in [3.8, 4) is 6.07 Å². The van der Waals surface area contributed by atoms with Gasteiger partial charge in [-0.3, -0.25) is 14.2 Å². The number of imide groups is 1. The number of hydrogen-bond donors (Lipinski definition) is 0. The number of urea groups is 1. The van der Waals surface area contributed by atoms with E-state index in [4.69, 9.17) is 11.6 Å². The fourth-order valence-electron chi connectivity index (χ4n) is 3.39. The third-order valence-corrected chi connectivity index (χ3v) is 5.25. The monoisotopic (exact) mass is 406 g/mol. The molecule has 0 spiro atoms. The molecule has 0 bridgehead atoms. The van der Waals surface area contributed by atoms with Crippen LogP contribution in [0.2, 0.25) is 5.02 Å². The number of amides is 4. The SMILES string of the molecule is CN1C(=O)C(C#N)C(=[N+]2CCN(C(=O)c3ccc(F)cc3Cl)CC2)N(C)C1=O. The standard InChI is InChI=1S/C18H18ClFN5O3/c1-22-15(13(10-21)16(26)23(2)18(22)28)24-5-7-25(8-6-24)17(27)12-4-3-11(20)9-14(12)19/h3-4,9,13H,5-8H2,1-2H3/q+1. The van der Waals surface area contributed by atoms with E-state index in [1.807, 2.05) is 6.07 Å². The second-order valence-electron chi connectivity index (χ2n) is 6.56. The van der Waals surface area contributed by atoms with Gasteiger partial charge >= 0.3 is 6.03 Å². The summed E-state index contributed by atoms with van der Waals surface area (Å²) in [6.45, 7) is 1.29. The van der Waals surface area contributed by atoms with E-state index in [0.717, 1.165) is 11.0 Å². The highest BCUT2D eigenvalue weighted by Gasteiger charge is 2.48. The zero-order valence-electron chi connectivity index (χ0n) is 15.4. The highest BCUT2D eigenvalue weighted by Crippen LogP contribution is 2.21. The van der Waals surface area contributed by atoms with Crippen LogP contribution in [-0.2, 0) is 4.79 Å². The predicted octanol–water partition coefficient (Wildman–Crippen LogP) is 1.01. The lowest BCUT2D eigenvalue weighted by Crippen LogP contribution is -2.60. The van der Waals surface area contributed by atoms with Crippen molar-refractivity contribution in [3.63, 3.8) is 0 Å². The van der Waals surface area contributed by atoms with Crippen LogP contribution in [0.1, 0.15) is 10.4 Å². The Labute approximate surface area is 166 Å². The summed E-state index contributed by atoms with van der Waals surface area (Å²) in [5.74, 6) is -2.18. The zero-order chi connectivity index (χ0) is 20.6. The number of hydrogen-bond acceptors (Lipinski definition) is 4. The summed E-state index contributed by atoms with van der Waals surface area (Å²) in [5.41, 5.74) is 0.209. The number of benzene rings is 1. The lowest BCUT2D eigenvalue weighted by Gasteiger charge is -2.33. The molecule has 1 aromatic carbocycles. The van der Waals surface area contributed by atoms with Crippen molar-refractivity contribution in [3.05, 3.63) is 34.6 Å². The molecule has 4 amide bonds. The van der Waals surface area contributed by atoms with Gasteiger partial charge in [0, 0.05) is 7.05 Å². The maximum absolute atomic E-state index is 13.2. The number of nitrogens with zero attached hydrogens (tertiary/aromatic N) is 5. The quantitative estimate of drug-likeness (QED) is 0.651. The molecule has 2 aliphatic rings. The highest BCUT2D eigenvalue weighted by atomic mass is 35.5. The van der Waals surface area contributed by atoms with Crippen molar-refractivity contribution in [2.75, 3.05) is 40.3 Å². The van der Waals surface area contributed by atoms with Crippen LogP contribution in [0.3, 0.4) is 0 Å². The molecule has 0 aromatic heterocycles. The molecule has 2 heterocycles. The van der Waals surface area contributed by atoms with Crippen molar-refractivity contribution >= 4 is 35.3 Å². The number of nitriles is 1. The second-order valence-corrected chi connectivity index (χ2v) is 6.97. The van der Waals surface area contributed by atoms with Crippen molar-refractivity contribution in [2.45, 2.75) is 0 Å². The van der Waals surface area contributed by atoms with Crippen LogP contribution in [0.4, 0.5) is 9.18 Å². The summed E-state index contributed by atoms with van der Waals surface area (Å²) in [6, 6.07) is 5.05. The molecule has 146 valence electrons. The molecule has 0 aliphatic carbocycles. The molecule has 0 N–H and O–H groups in total. The van der Waals surface area contributed by atoms with E-state index in [1.165, 1.54) is 31.1 Å². The number of rotatable bonds is 1. The van der Waals surface area contributed by atoms with Crippen molar-refractivity contribution in [1.82, 2.24) is 14.7 Å². The van der Waals surface area contributed by atoms with E-state index in [-0.39, 0.29) is 16.5 Å². The normalized spacial score (nSPS) is 20.5. The molecule has 1 aromatic rings. The maximum Gasteiger partial charge on any atom is 0.417 e. The average Bonchev–Trinajstić information content (AvgIpc) is 2.68. The van der Waals surface area contributed by atoms with Gasteiger partial charge in [0.25, 0.3) is 17.6 Å². The molecule has 3 rings (SSSR count). The lowest BCUT2D eigenvalue weighted by atomic mass is 10.0. The first-order chi connectivity index (χ1) is 13.3. The van der Waals surface area contributed by atoms with E-state index in [9.17, 15) is 24.0 Å². The number of carbonyl (C=O) groups excluding carboxylic acids is 3. The van der Waals surface area contributed by atoms with Gasteiger partial charge in [0.15, 0.2) is 0 Å². The number of amidine groups is 1. The Balaban J connectivity index is 1.82. The van der Waals surface area contributed by atoms with Crippen LogP contribution in [-0.4, -0.2) is 83.2 Å². The van der Waals surface area contributed by atoms with Gasteiger partial charge in [0.2, 0.25) is 5.92 Å². The predicted molar refractivity (Wildman–Crippen MR) is 97.3 cm³/mol. The van der Waals surface area contributed by atoms with Gasteiger partial charge in [0.05, 0.1) is 36.8 Å². The first-order valence-electron chi connectivity index (χ1n) is 8.57. The minimum absolute atomic E-state index is 0.0394. The third kappa shape index (κ3) is 3.31. The first-order valence-corrected chi connectivity index (χ1v) is 8.95. The molecule has 10 heteroatoms. The molecule has 2 aliphatic heterocycles. The zero-order valence-corrected chi connectivity index (χ0v) is 16.1. The van der Waals surface area contributed by atoms with Crippen molar-refractivity contribution in [1.29, 1.82) is 5.26 Å². The fraction of sp³-hybridized carbons (Fsp3) is 0.389. The Hall–Kier alpha value is -2.99. The van der Waals surface area contributed by atoms with Gasteiger partial charge in [0.1, 0.15) is 18.9 Å². The minimum atomic E-state index is -1.08. The van der Waals surface area contributed by atoms with Gasteiger partial charge in [-0.2, -0.15) is 10.2 Å². The van der Waals surface area contributed by atoms with Gasteiger partial charge in [-0.05, 0) is 18.2 Å². The molecule has 28 heavy (non-hydrogen) atoms. The second kappa shape index (κ2) is 7.56. The molecular formula is C18H18ClFN5O3+. The summed E-state index contributed by atoms with van der Waals surface area (Å²) in [7, 11) is 2.85. The van der Waals surface area contributed by atoms with Crippen LogP contribution < -0.4 is 0 Å². The Kier molecular flexibility index (Phi) is 5.34. The van der Waals surface area contributed by atoms with Gasteiger partial charge in [-0.15, -0.1) is 0 Å². The van der Waals surface area contributed by atoms with Crippen molar-refractivity contribution < 1.29 is 23.3 Å². The summed E-state index contributed by atoms with van der Waals surface area (Å²) in [6.07, 6.45) is 0. The van der Waals surface area contributed by atoms with Crippen LogP contribution in [0.25, 0.3) is 0 Å².